The smallest absolute Gasteiger partial charge is 0.341 e. The fourth-order valence-electron chi connectivity index (χ4n) is 7.59. The molecular formula is C35H47FO2. The Balaban J connectivity index is 1.17. The van der Waals surface area contributed by atoms with Gasteiger partial charge in [0.15, 0.2) is 0 Å². The van der Waals surface area contributed by atoms with E-state index in [1.165, 1.54) is 62.5 Å². The second kappa shape index (κ2) is 12.8. The largest absolute Gasteiger partial charge is 0.458 e. The number of ether oxygens (including phenoxy) is 1. The van der Waals surface area contributed by atoms with Gasteiger partial charge >= 0.3 is 5.97 Å². The Labute approximate surface area is 229 Å². The molecule has 2 aromatic carbocycles. The summed E-state index contributed by atoms with van der Waals surface area (Å²) >= 11 is 0. The fraction of sp³-hybridized carbons (Fsp3) is 0.629. The van der Waals surface area contributed by atoms with Gasteiger partial charge in [0, 0.05) is 6.42 Å². The lowest BCUT2D eigenvalue weighted by molar-refractivity contribution is 0.00109. The van der Waals surface area contributed by atoms with Gasteiger partial charge in [-0.15, -0.1) is 0 Å². The van der Waals surface area contributed by atoms with E-state index < -0.39 is 5.97 Å². The van der Waals surface area contributed by atoms with Crippen LogP contribution in [0, 0.1) is 17.7 Å². The van der Waals surface area contributed by atoms with Crippen molar-refractivity contribution >= 4 is 5.97 Å². The first kappa shape index (κ1) is 27.4. The number of benzene rings is 2. The summed E-state index contributed by atoms with van der Waals surface area (Å²) in [6.45, 7) is 4.49. The van der Waals surface area contributed by atoms with E-state index in [1.807, 2.05) is 12.1 Å². The summed E-state index contributed by atoms with van der Waals surface area (Å²) in [5.41, 5.74) is 4.72. The summed E-state index contributed by atoms with van der Waals surface area (Å²) in [7, 11) is 0. The number of aryl methyl sites for hydroxylation is 1. The molecule has 2 aliphatic carbocycles. The Morgan fingerprint density at radius 2 is 1.53 bits per heavy atom. The summed E-state index contributed by atoms with van der Waals surface area (Å²) in [6.07, 6.45) is 16.9. The number of halogens is 1. The molecule has 3 heteroatoms. The van der Waals surface area contributed by atoms with E-state index in [1.54, 1.807) is 0 Å². The van der Waals surface area contributed by atoms with Crippen molar-refractivity contribution in [3.05, 3.63) is 70.0 Å². The van der Waals surface area contributed by atoms with Gasteiger partial charge in [0.2, 0.25) is 0 Å². The molecule has 1 unspecified atom stereocenters. The van der Waals surface area contributed by atoms with Gasteiger partial charge in [0.05, 0.1) is 5.56 Å². The van der Waals surface area contributed by atoms with E-state index >= 15 is 4.39 Å². The third-order valence-corrected chi connectivity index (χ3v) is 9.94. The van der Waals surface area contributed by atoms with Gasteiger partial charge in [-0.2, -0.15) is 0 Å². The van der Waals surface area contributed by atoms with Crippen molar-refractivity contribution in [2.45, 2.75) is 128 Å². The van der Waals surface area contributed by atoms with Crippen molar-refractivity contribution in [1.82, 2.24) is 0 Å². The maximum absolute atomic E-state index is 15.7. The monoisotopic (exact) mass is 518 g/mol. The van der Waals surface area contributed by atoms with Crippen LogP contribution in [0.1, 0.15) is 142 Å². The maximum atomic E-state index is 15.7. The van der Waals surface area contributed by atoms with Gasteiger partial charge in [0.25, 0.3) is 0 Å². The highest BCUT2D eigenvalue weighted by atomic mass is 19.1. The van der Waals surface area contributed by atoms with Gasteiger partial charge in [-0.25, -0.2) is 9.18 Å². The summed E-state index contributed by atoms with van der Waals surface area (Å²) in [4.78, 5) is 13.1. The van der Waals surface area contributed by atoms with Crippen LogP contribution < -0.4 is 0 Å². The van der Waals surface area contributed by atoms with E-state index in [9.17, 15) is 4.79 Å². The van der Waals surface area contributed by atoms with Crippen molar-refractivity contribution in [3.8, 4) is 0 Å². The van der Waals surface area contributed by atoms with E-state index in [2.05, 4.69) is 38.1 Å². The van der Waals surface area contributed by atoms with Crippen molar-refractivity contribution in [1.29, 1.82) is 0 Å². The van der Waals surface area contributed by atoms with Crippen LogP contribution in [0.15, 0.2) is 36.4 Å². The molecule has 1 heterocycles. The molecule has 2 fully saturated rings. The predicted octanol–water partition coefficient (Wildman–Crippen LogP) is 9.69. The molecule has 5 rings (SSSR count). The minimum absolute atomic E-state index is 0.119. The van der Waals surface area contributed by atoms with E-state index in [4.69, 9.17) is 4.74 Å². The second-order valence-electron chi connectivity index (χ2n) is 12.5. The Bertz CT molecular complexity index is 1060. The molecule has 0 saturated heterocycles. The Morgan fingerprint density at radius 1 is 0.816 bits per heavy atom. The van der Waals surface area contributed by atoms with Crippen LogP contribution in [0.4, 0.5) is 4.39 Å². The molecule has 0 N–H and O–H groups in total. The number of hydrogen-bond acceptors (Lipinski definition) is 2. The summed E-state index contributed by atoms with van der Waals surface area (Å²) in [6, 6.07) is 13.3. The quantitative estimate of drug-likeness (QED) is 0.244. The van der Waals surface area contributed by atoms with E-state index in [0.29, 0.717) is 18.3 Å². The van der Waals surface area contributed by atoms with E-state index in [0.717, 1.165) is 55.6 Å². The predicted molar refractivity (Wildman–Crippen MR) is 153 cm³/mol. The van der Waals surface area contributed by atoms with Crippen LogP contribution in [0.3, 0.4) is 0 Å². The maximum Gasteiger partial charge on any atom is 0.341 e. The molecule has 1 aliphatic heterocycles. The van der Waals surface area contributed by atoms with Crippen LogP contribution in [0.5, 0.6) is 0 Å². The van der Waals surface area contributed by atoms with Gasteiger partial charge < -0.3 is 4.74 Å². The summed E-state index contributed by atoms with van der Waals surface area (Å²) in [5, 5.41) is 0. The third-order valence-electron chi connectivity index (χ3n) is 9.94. The first-order valence-electron chi connectivity index (χ1n) is 15.7. The SMILES string of the molecule is CCCCCc1ccc(C2CCC(C3Cc4ccc(C5CCC(CCC)CC5)c(F)c4C(=O)O3)CC2)cc1. The molecule has 0 radical (unpaired) electrons. The zero-order valence-corrected chi connectivity index (χ0v) is 23.7. The molecule has 2 aromatic rings. The fourth-order valence-corrected chi connectivity index (χ4v) is 7.59. The lowest BCUT2D eigenvalue weighted by atomic mass is 9.74. The number of rotatable bonds is 9. The van der Waals surface area contributed by atoms with Gasteiger partial charge in [-0.05, 0) is 110 Å². The minimum Gasteiger partial charge on any atom is -0.458 e. The highest BCUT2D eigenvalue weighted by Gasteiger charge is 2.37. The topological polar surface area (TPSA) is 26.3 Å². The molecule has 0 amide bonds. The van der Waals surface area contributed by atoms with E-state index in [-0.39, 0.29) is 23.4 Å². The molecule has 0 bridgehead atoms. The first-order valence-corrected chi connectivity index (χ1v) is 15.7. The molecule has 1 atom stereocenters. The highest BCUT2D eigenvalue weighted by molar-refractivity contribution is 5.93. The second-order valence-corrected chi connectivity index (χ2v) is 12.5. The van der Waals surface area contributed by atoms with Crippen molar-refractivity contribution in [2.24, 2.45) is 11.8 Å². The lowest BCUT2D eigenvalue weighted by Gasteiger charge is -2.36. The Morgan fingerprint density at radius 3 is 2.21 bits per heavy atom. The van der Waals surface area contributed by atoms with Crippen LogP contribution in [0.25, 0.3) is 0 Å². The minimum atomic E-state index is -0.434. The zero-order chi connectivity index (χ0) is 26.5. The Hall–Kier alpha value is -2.16. The molecule has 3 aliphatic rings. The number of hydrogen-bond donors (Lipinski definition) is 0. The van der Waals surface area contributed by atoms with Crippen LogP contribution in [-0.2, 0) is 17.6 Å². The zero-order valence-electron chi connectivity index (χ0n) is 23.7. The average molecular weight is 519 g/mol. The van der Waals surface area contributed by atoms with Crippen LogP contribution >= 0.6 is 0 Å². The Kier molecular flexibility index (Phi) is 9.23. The van der Waals surface area contributed by atoms with Crippen molar-refractivity contribution < 1.29 is 13.9 Å². The molecular weight excluding hydrogens is 471 g/mol. The molecule has 206 valence electrons. The first-order chi connectivity index (χ1) is 18.6. The third kappa shape index (κ3) is 6.18. The van der Waals surface area contributed by atoms with Gasteiger partial charge in [0.1, 0.15) is 11.9 Å². The number of carbonyl (C=O) groups is 1. The number of carbonyl (C=O) groups excluding carboxylic acids is 1. The summed E-state index contributed by atoms with van der Waals surface area (Å²) in [5.74, 6) is 1.25. The van der Waals surface area contributed by atoms with Gasteiger partial charge in [-0.1, -0.05) is 75.9 Å². The normalized spacial score (nSPS) is 27.6. The molecule has 2 nitrogen and oxygen atoms in total. The molecule has 0 aromatic heterocycles. The average Bonchev–Trinajstić information content (AvgIpc) is 2.94. The standard InChI is InChI=1S/C35H47FO2/c1-3-5-6-8-25-9-13-26(14-10-25)27-17-19-29(20-18-27)32-23-30-21-22-31(34(36)33(30)35(37)38-32)28-15-11-24(7-4-2)12-16-28/h9-10,13-14,21-22,24,27-29,32H,3-8,11-12,15-20,23H2,1-2H3. The molecule has 38 heavy (non-hydrogen) atoms. The number of fused-ring (bicyclic) bond motifs is 1. The summed E-state index contributed by atoms with van der Waals surface area (Å²) < 4.78 is 21.6. The highest BCUT2D eigenvalue weighted by Crippen LogP contribution is 2.43. The number of unbranched alkanes of at least 4 members (excludes halogenated alkanes) is 2. The molecule has 2 saturated carbocycles. The van der Waals surface area contributed by atoms with Crippen molar-refractivity contribution in [2.75, 3.05) is 0 Å². The number of cyclic esters (lactones) is 1. The van der Waals surface area contributed by atoms with Crippen LogP contribution in [0.2, 0.25) is 0 Å². The lowest BCUT2D eigenvalue weighted by Crippen LogP contribution is -2.36. The molecule has 0 spiro atoms. The van der Waals surface area contributed by atoms with Crippen LogP contribution in [-0.4, -0.2) is 12.1 Å². The number of esters is 1. The van der Waals surface area contributed by atoms with Crippen molar-refractivity contribution in [3.63, 3.8) is 0 Å². The van der Waals surface area contributed by atoms with Gasteiger partial charge in [-0.3, -0.25) is 0 Å².